The fourth-order valence-electron chi connectivity index (χ4n) is 2.45. The molecule has 0 bridgehead atoms. The second-order valence-corrected chi connectivity index (χ2v) is 5.25. The molecule has 0 unspecified atom stereocenters. The Balaban J connectivity index is 2.10. The van der Waals surface area contributed by atoms with E-state index >= 15 is 0 Å². The zero-order valence-corrected chi connectivity index (χ0v) is 13.8. The Morgan fingerprint density at radius 1 is 1.04 bits per heavy atom. The first-order chi connectivity index (χ1) is 11.6. The first kappa shape index (κ1) is 15.7. The summed E-state index contributed by atoms with van der Waals surface area (Å²) in [6.07, 6.45) is 0. The van der Waals surface area contributed by atoms with Gasteiger partial charge in [-0.2, -0.15) is 0 Å². The maximum absolute atomic E-state index is 11.9. The van der Waals surface area contributed by atoms with Crippen molar-refractivity contribution in [2.45, 2.75) is 6.92 Å². The number of ether oxygens (including phenoxy) is 1. The first-order valence-corrected chi connectivity index (χ1v) is 7.53. The van der Waals surface area contributed by atoms with Crippen molar-refractivity contribution in [1.82, 2.24) is 9.97 Å². The molecule has 2 N–H and O–H groups in total. The second-order valence-electron chi connectivity index (χ2n) is 5.25. The standard InChI is InChI=1S/C18H18N4O2/c1-11(23)13-9-8-12(24-3)10-16(13)22-18-17(19-2)20-14-6-4-5-7-15(14)21-18/h4-10H,1-3H3,(H,19,20)(H,21,22). The molecule has 0 aliphatic rings. The molecule has 0 radical (unpaired) electrons. The number of carbonyl (C=O) groups excluding carboxylic acids is 1. The van der Waals surface area contributed by atoms with Gasteiger partial charge in [0.15, 0.2) is 17.4 Å². The summed E-state index contributed by atoms with van der Waals surface area (Å²) < 4.78 is 5.25. The van der Waals surface area contributed by atoms with Crippen LogP contribution >= 0.6 is 0 Å². The first-order valence-electron chi connectivity index (χ1n) is 7.53. The van der Waals surface area contributed by atoms with Crippen LogP contribution in [0.3, 0.4) is 0 Å². The minimum Gasteiger partial charge on any atom is -0.497 e. The number of aromatic nitrogens is 2. The number of fused-ring (bicyclic) bond motifs is 1. The molecule has 6 nitrogen and oxygen atoms in total. The third-order valence-electron chi connectivity index (χ3n) is 3.67. The SMILES string of the molecule is CNc1nc2ccccc2nc1Nc1cc(OC)ccc1C(C)=O. The fourth-order valence-corrected chi connectivity index (χ4v) is 2.45. The Kier molecular flexibility index (Phi) is 4.29. The minimum atomic E-state index is -0.0418. The third kappa shape index (κ3) is 2.99. The lowest BCUT2D eigenvalue weighted by atomic mass is 10.1. The Labute approximate surface area is 139 Å². The van der Waals surface area contributed by atoms with Crippen LogP contribution < -0.4 is 15.4 Å². The number of methoxy groups -OCH3 is 1. The van der Waals surface area contributed by atoms with Gasteiger partial charge in [-0.15, -0.1) is 0 Å². The Morgan fingerprint density at radius 2 is 1.71 bits per heavy atom. The van der Waals surface area contributed by atoms with Crippen LogP contribution in [-0.4, -0.2) is 29.9 Å². The van der Waals surface area contributed by atoms with Gasteiger partial charge < -0.3 is 15.4 Å². The van der Waals surface area contributed by atoms with Gasteiger partial charge in [-0.3, -0.25) is 4.79 Å². The van der Waals surface area contributed by atoms with E-state index in [0.717, 1.165) is 11.0 Å². The number of nitrogens with one attached hydrogen (secondary N) is 2. The van der Waals surface area contributed by atoms with Gasteiger partial charge >= 0.3 is 0 Å². The summed E-state index contributed by atoms with van der Waals surface area (Å²) in [5.74, 6) is 1.76. The van der Waals surface area contributed by atoms with Gasteiger partial charge in [-0.05, 0) is 31.2 Å². The predicted molar refractivity (Wildman–Crippen MR) is 95.4 cm³/mol. The number of hydrogen-bond donors (Lipinski definition) is 2. The number of Topliss-reactive ketones (excluding diaryl/α,β-unsaturated/α-hetero) is 1. The van der Waals surface area contributed by atoms with Crippen molar-refractivity contribution in [3.05, 3.63) is 48.0 Å². The smallest absolute Gasteiger partial charge is 0.174 e. The highest BCUT2D eigenvalue weighted by atomic mass is 16.5. The van der Waals surface area contributed by atoms with Crippen LogP contribution in [0.1, 0.15) is 17.3 Å². The van der Waals surface area contributed by atoms with E-state index in [1.807, 2.05) is 24.3 Å². The molecule has 1 aromatic heterocycles. The average molecular weight is 322 g/mol. The third-order valence-corrected chi connectivity index (χ3v) is 3.67. The van der Waals surface area contributed by atoms with Gasteiger partial charge in [0.05, 0.1) is 23.8 Å². The molecule has 24 heavy (non-hydrogen) atoms. The van der Waals surface area contributed by atoms with Crippen molar-refractivity contribution in [2.75, 3.05) is 24.8 Å². The van der Waals surface area contributed by atoms with Crippen molar-refractivity contribution in [1.29, 1.82) is 0 Å². The number of benzene rings is 2. The van der Waals surface area contributed by atoms with Gasteiger partial charge in [-0.1, -0.05) is 12.1 Å². The van der Waals surface area contributed by atoms with Crippen molar-refractivity contribution in [3.8, 4) is 5.75 Å². The summed E-state index contributed by atoms with van der Waals surface area (Å²) in [5.41, 5.74) is 2.76. The van der Waals surface area contributed by atoms with Crippen LogP contribution in [0.25, 0.3) is 11.0 Å². The summed E-state index contributed by atoms with van der Waals surface area (Å²) in [7, 11) is 3.36. The second kappa shape index (κ2) is 6.54. The van der Waals surface area contributed by atoms with Crippen LogP contribution in [0.4, 0.5) is 17.3 Å². The van der Waals surface area contributed by atoms with E-state index in [-0.39, 0.29) is 5.78 Å². The van der Waals surface area contributed by atoms with Crippen LogP contribution in [0, 0.1) is 0 Å². The van der Waals surface area contributed by atoms with Gasteiger partial charge in [0.25, 0.3) is 0 Å². The highest BCUT2D eigenvalue weighted by molar-refractivity contribution is 6.00. The van der Waals surface area contributed by atoms with E-state index in [2.05, 4.69) is 20.6 Å². The monoisotopic (exact) mass is 322 g/mol. The van der Waals surface area contributed by atoms with E-state index in [1.54, 1.807) is 32.4 Å². The van der Waals surface area contributed by atoms with Crippen LogP contribution in [0.15, 0.2) is 42.5 Å². The Morgan fingerprint density at radius 3 is 2.29 bits per heavy atom. The molecule has 122 valence electrons. The van der Waals surface area contributed by atoms with Crippen molar-refractivity contribution < 1.29 is 9.53 Å². The number of ketones is 1. The quantitative estimate of drug-likeness (QED) is 0.699. The molecule has 0 saturated heterocycles. The molecule has 3 rings (SSSR count). The van der Waals surface area contributed by atoms with Gasteiger partial charge in [0.1, 0.15) is 5.75 Å². The molecular formula is C18H18N4O2. The maximum atomic E-state index is 11.9. The molecule has 0 fully saturated rings. The van der Waals surface area contributed by atoms with Crippen molar-refractivity contribution in [3.63, 3.8) is 0 Å². The zero-order chi connectivity index (χ0) is 17.1. The molecule has 0 saturated carbocycles. The lowest BCUT2D eigenvalue weighted by Gasteiger charge is -2.14. The molecule has 3 aromatic rings. The summed E-state index contributed by atoms with van der Waals surface area (Å²) in [4.78, 5) is 21.1. The molecule has 0 aliphatic heterocycles. The Bertz CT molecular complexity index is 909. The number of anilines is 3. The molecule has 0 amide bonds. The summed E-state index contributed by atoms with van der Waals surface area (Å²) in [6.45, 7) is 1.53. The van der Waals surface area contributed by atoms with Crippen LogP contribution in [0.5, 0.6) is 5.75 Å². The molecule has 0 atom stereocenters. The lowest BCUT2D eigenvalue weighted by molar-refractivity contribution is 0.101. The van der Waals surface area contributed by atoms with Gasteiger partial charge in [0.2, 0.25) is 0 Å². The van der Waals surface area contributed by atoms with E-state index in [1.165, 1.54) is 6.92 Å². The largest absolute Gasteiger partial charge is 0.497 e. The molecule has 6 heteroatoms. The van der Waals surface area contributed by atoms with Crippen molar-refractivity contribution in [2.24, 2.45) is 0 Å². The van der Waals surface area contributed by atoms with Crippen molar-refractivity contribution >= 4 is 34.1 Å². The molecule has 0 spiro atoms. The Hall–Kier alpha value is -3.15. The number of nitrogens with zero attached hydrogens (tertiary/aromatic N) is 2. The lowest BCUT2D eigenvalue weighted by Crippen LogP contribution is -2.06. The fraction of sp³-hybridized carbons (Fsp3) is 0.167. The summed E-state index contributed by atoms with van der Waals surface area (Å²) >= 11 is 0. The number of para-hydroxylation sites is 2. The topological polar surface area (TPSA) is 76.1 Å². The zero-order valence-electron chi connectivity index (χ0n) is 13.8. The van der Waals surface area contributed by atoms with Gasteiger partial charge in [0, 0.05) is 18.7 Å². The maximum Gasteiger partial charge on any atom is 0.174 e. The molecule has 1 heterocycles. The van der Waals surface area contributed by atoms with Crippen LogP contribution in [-0.2, 0) is 0 Å². The van der Waals surface area contributed by atoms with Crippen LogP contribution in [0.2, 0.25) is 0 Å². The van der Waals surface area contributed by atoms with E-state index in [0.29, 0.717) is 28.6 Å². The molecular weight excluding hydrogens is 304 g/mol. The number of hydrogen-bond acceptors (Lipinski definition) is 6. The minimum absolute atomic E-state index is 0.0418. The summed E-state index contributed by atoms with van der Waals surface area (Å²) in [5, 5.41) is 6.24. The number of carbonyl (C=O) groups is 1. The highest BCUT2D eigenvalue weighted by Crippen LogP contribution is 2.29. The highest BCUT2D eigenvalue weighted by Gasteiger charge is 2.13. The molecule has 0 aliphatic carbocycles. The normalized spacial score (nSPS) is 10.5. The van der Waals surface area contributed by atoms with E-state index in [4.69, 9.17) is 4.74 Å². The number of rotatable bonds is 5. The summed E-state index contributed by atoms with van der Waals surface area (Å²) in [6, 6.07) is 12.9. The average Bonchev–Trinajstić information content (AvgIpc) is 2.60. The predicted octanol–water partition coefficient (Wildman–Crippen LogP) is 3.63. The van der Waals surface area contributed by atoms with Gasteiger partial charge in [-0.25, -0.2) is 9.97 Å². The van der Waals surface area contributed by atoms with E-state index < -0.39 is 0 Å². The van der Waals surface area contributed by atoms with E-state index in [9.17, 15) is 4.79 Å². The molecule has 2 aromatic carbocycles.